The Labute approximate surface area is 130 Å². The highest BCUT2D eigenvalue weighted by Crippen LogP contribution is 2.27. The van der Waals surface area contributed by atoms with E-state index in [-0.39, 0.29) is 5.56 Å². The number of nitrogens with zero attached hydrogens (tertiary/aromatic N) is 1. The summed E-state index contributed by atoms with van der Waals surface area (Å²) in [7, 11) is 3.17. The normalized spacial score (nSPS) is 10.4. The van der Waals surface area contributed by atoms with Crippen LogP contribution >= 0.6 is 22.6 Å². The molecule has 1 aromatic heterocycles. The number of hydrogen-bond donors (Lipinski definition) is 1. The van der Waals surface area contributed by atoms with Gasteiger partial charge in [-0.2, -0.15) is 0 Å². The molecule has 2 aromatic rings. The van der Waals surface area contributed by atoms with Crippen LogP contribution in [0.5, 0.6) is 11.5 Å². The maximum Gasteiger partial charge on any atom is 0.264 e. The Morgan fingerprint density at radius 2 is 1.80 bits per heavy atom. The van der Waals surface area contributed by atoms with Gasteiger partial charge in [0.15, 0.2) is 0 Å². The van der Waals surface area contributed by atoms with Crippen molar-refractivity contribution in [1.29, 1.82) is 0 Å². The van der Waals surface area contributed by atoms with Crippen LogP contribution in [0.15, 0.2) is 23.0 Å². The molecule has 0 saturated heterocycles. The zero-order valence-electron chi connectivity index (χ0n) is 11.5. The summed E-state index contributed by atoms with van der Waals surface area (Å²) in [6.45, 7) is 1.97. The van der Waals surface area contributed by atoms with E-state index in [9.17, 15) is 4.79 Å². The molecule has 0 atom stereocenters. The summed E-state index contributed by atoms with van der Waals surface area (Å²) in [4.78, 5) is 19.2. The van der Waals surface area contributed by atoms with Gasteiger partial charge >= 0.3 is 0 Å². The molecule has 1 N–H and O–H groups in total. The van der Waals surface area contributed by atoms with Gasteiger partial charge in [-0.05, 0) is 41.1 Å². The van der Waals surface area contributed by atoms with Crippen LogP contribution in [-0.2, 0) is 6.42 Å². The number of halogens is 1. The first kappa shape index (κ1) is 14.8. The van der Waals surface area contributed by atoms with E-state index < -0.39 is 0 Å². The molecular formula is C14H15IN2O3. The first-order chi connectivity index (χ1) is 9.58. The number of nitrogens with one attached hydrogen (secondary N) is 1. The first-order valence-electron chi connectivity index (χ1n) is 6.11. The summed E-state index contributed by atoms with van der Waals surface area (Å²) in [6.07, 6.45) is 0.705. The highest BCUT2D eigenvalue weighted by molar-refractivity contribution is 14.1. The van der Waals surface area contributed by atoms with Gasteiger partial charge in [-0.3, -0.25) is 4.79 Å². The Bertz CT molecular complexity index is 660. The van der Waals surface area contributed by atoms with Crippen molar-refractivity contribution in [3.63, 3.8) is 0 Å². The van der Waals surface area contributed by atoms with Crippen LogP contribution in [0.3, 0.4) is 0 Å². The summed E-state index contributed by atoms with van der Waals surface area (Å²) >= 11 is 2.01. The summed E-state index contributed by atoms with van der Waals surface area (Å²) in [5.74, 6) is 1.82. The third kappa shape index (κ3) is 2.95. The van der Waals surface area contributed by atoms with E-state index in [0.717, 1.165) is 11.3 Å². The Hall–Kier alpha value is -1.57. The molecule has 6 heteroatoms. The monoisotopic (exact) mass is 386 g/mol. The molecule has 20 heavy (non-hydrogen) atoms. The van der Waals surface area contributed by atoms with E-state index >= 15 is 0 Å². The zero-order chi connectivity index (χ0) is 14.7. The average molecular weight is 386 g/mol. The smallest absolute Gasteiger partial charge is 0.264 e. The van der Waals surface area contributed by atoms with Gasteiger partial charge < -0.3 is 14.5 Å². The van der Waals surface area contributed by atoms with E-state index in [1.54, 1.807) is 20.3 Å². The fourth-order valence-corrected chi connectivity index (χ4v) is 2.46. The Kier molecular flexibility index (Phi) is 4.64. The van der Waals surface area contributed by atoms with Gasteiger partial charge in [-0.15, -0.1) is 0 Å². The van der Waals surface area contributed by atoms with Gasteiger partial charge in [0.05, 0.1) is 23.5 Å². The Balaban J connectivity index is 2.61. The van der Waals surface area contributed by atoms with Crippen molar-refractivity contribution in [2.45, 2.75) is 13.3 Å². The van der Waals surface area contributed by atoms with E-state index in [1.807, 2.05) is 41.6 Å². The quantitative estimate of drug-likeness (QED) is 0.821. The van der Waals surface area contributed by atoms with Crippen LogP contribution in [0.1, 0.15) is 12.6 Å². The molecule has 1 heterocycles. The van der Waals surface area contributed by atoms with Crippen molar-refractivity contribution in [1.82, 2.24) is 9.97 Å². The lowest BCUT2D eigenvalue weighted by molar-refractivity contribution is 0.394. The van der Waals surface area contributed by atoms with Gasteiger partial charge in [0.2, 0.25) is 0 Å². The topological polar surface area (TPSA) is 64.2 Å². The van der Waals surface area contributed by atoms with E-state index in [2.05, 4.69) is 9.97 Å². The van der Waals surface area contributed by atoms with Crippen molar-refractivity contribution in [2.24, 2.45) is 0 Å². The van der Waals surface area contributed by atoms with Crippen LogP contribution in [0.2, 0.25) is 0 Å². The number of aromatic nitrogens is 2. The van der Waals surface area contributed by atoms with Crippen molar-refractivity contribution < 1.29 is 9.47 Å². The molecule has 106 valence electrons. The molecule has 0 radical (unpaired) electrons. The summed E-state index contributed by atoms with van der Waals surface area (Å²) in [5, 5.41) is 0. The maximum atomic E-state index is 11.9. The SMILES string of the molecule is CCc1nc(-c2cc(OC)cc(OC)c2)[nH]c(=O)c1I. The van der Waals surface area contributed by atoms with Crippen LogP contribution in [-0.4, -0.2) is 24.2 Å². The van der Waals surface area contributed by atoms with Gasteiger partial charge in [0.1, 0.15) is 17.3 Å². The van der Waals surface area contributed by atoms with Crippen molar-refractivity contribution in [2.75, 3.05) is 14.2 Å². The number of ether oxygens (including phenoxy) is 2. The second-order valence-electron chi connectivity index (χ2n) is 4.13. The molecule has 1 aromatic carbocycles. The summed E-state index contributed by atoms with van der Waals surface area (Å²) < 4.78 is 11.1. The third-order valence-corrected chi connectivity index (χ3v) is 4.00. The second-order valence-corrected chi connectivity index (χ2v) is 5.21. The van der Waals surface area contributed by atoms with Crippen molar-refractivity contribution >= 4 is 22.6 Å². The van der Waals surface area contributed by atoms with Crippen molar-refractivity contribution in [3.8, 4) is 22.9 Å². The molecule has 0 aliphatic rings. The highest BCUT2D eigenvalue weighted by Gasteiger charge is 2.11. The molecule has 0 bridgehead atoms. The summed E-state index contributed by atoms with van der Waals surface area (Å²) in [5.41, 5.74) is 1.41. The molecule has 0 spiro atoms. The Morgan fingerprint density at radius 1 is 1.20 bits per heavy atom. The first-order valence-corrected chi connectivity index (χ1v) is 7.19. The molecule has 0 amide bonds. The van der Waals surface area contributed by atoms with Crippen molar-refractivity contribution in [3.05, 3.63) is 37.8 Å². The number of aromatic amines is 1. The lowest BCUT2D eigenvalue weighted by Gasteiger charge is -2.09. The third-order valence-electron chi connectivity index (χ3n) is 2.89. The molecule has 0 aliphatic heterocycles. The van der Waals surface area contributed by atoms with Crippen LogP contribution in [0.4, 0.5) is 0 Å². The largest absolute Gasteiger partial charge is 0.497 e. The minimum atomic E-state index is -0.130. The maximum absolute atomic E-state index is 11.9. The number of methoxy groups -OCH3 is 2. The highest BCUT2D eigenvalue weighted by atomic mass is 127. The second kappa shape index (κ2) is 6.25. The van der Waals surface area contributed by atoms with Crippen LogP contribution in [0.25, 0.3) is 11.4 Å². The van der Waals surface area contributed by atoms with Crippen LogP contribution in [0, 0.1) is 3.57 Å². The molecule has 0 saturated carbocycles. The van der Waals surface area contributed by atoms with Gasteiger partial charge in [0.25, 0.3) is 5.56 Å². The number of hydrogen-bond acceptors (Lipinski definition) is 4. The van der Waals surface area contributed by atoms with Crippen LogP contribution < -0.4 is 15.0 Å². The number of rotatable bonds is 4. The average Bonchev–Trinajstić information content (AvgIpc) is 2.49. The Morgan fingerprint density at radius 3 is 2.30 bits per heavy atom. The summed E-state index contributed by atoms with van der Waals surface area (Å²) in [6, 6.07) is 5.40. The van der Waals surface area contributed by atoms with Gasteiger partial charge in [0, 0.05) is 11.6 Å². The minimum Gasteiger partial charge on any atom is -0.497 e. The standard InChI is InChI=1S/C14H15IN2O3/c1-4-11-12(15)14(18)17-13(16-11)8-5-9(19-2)7-10(6-8)20-3/h5-7H,4H2,1-3H3,(H,16,17,18). The van der Waals surface area contributed by atoms with E-state index in [1.165, 1.54) is 0 Å². The number of benzene rings is 1. The predicted octanol–water partition coefficient (Wildman–Crippen LogP) is 2.62. The lowest BCUT2D eigenvalue weighted by atomic mass is 10.1. The lowest BCUT2D eigenvalue weighted by Crippen LogP contribution is -2.16. The van der Waals surface area contributed by atoms with Gasteiger partial charge in [-0.1, -0.05) is 6.92 Å². The molecular weight excluding hydrogens is 371 g/mol. The molecule has 0 unspecified atom stereocenters. The fourth-order valence-electron chi connectivity index (χ4n) is 1.82. The van der Waals surface area contributed by atoms with E-state index in [4.69, 9.17) is 9.47 Å². The number of aryl methyl sites for hydroxylation is 1. The zero-order valence-corrected chi connectivity index (χ0v) is 13.6. The predicted molar refractivity (Wildman–Crippen MR) is 85.5 cm³/mol. The van der Waals surface area contributed by atoms with E-state index in [0.29, 0.717) is 27.3 Å². The number of H-pyrrole nitrogens is 1. The minimum absolute atomic E-state index is 0.130. The molecule has 0 aliphatic carbocycles. The molecule has 2 rings (SSSR count). The molecule has 0 fully saturated rings. The fraction of sp³-hybridized carbons (Fsp3) is 0.286. The van der Waals surface area contributed by atoms with Gasteiger partial charge in [-0.25, -0.2) is 4.98 Å². The molecule has 5 nitrogen and oxygen atoms in total.